The molecule has 2 rings (SSSR count). The smallest absolute Gasteiger partial charge is 0.191 e. The molecule has 16 heavy (non-hydrogen) atoms. The second-order valence-corrected chi connectivity index (χ2v) is 4.45. The Morgan fingerprint density at radius 1 is 1.25 bits per heavy atom. The maximum Gasteiger partial charge on any atom is 0.191 e. The van der Waals surface area contributed by atoms with Crippen LogP contribution in [0.5, 0.6) is 0 Å². The van der Waals surface area contributed by atoms with Crippen molar-refractivity contribution in [1.82, 2.24) is 14.8 Å². The highest BCUT2D eigenvalue weighted by atomic mass is 32.2. The largest absolute Gasteiger partial charge is 0.309 e. The van der Waals surface area contributed by atoms with Crippen molar-refractivity contribution in [2.24, 2.45) is 7.05 Å². The minimum Gasteiger partial charge on any atom is -0.309 e. The van der Waals surface area contributed by atoms with Crippen LogP contribution in [0.25, 0.3) is 0 Å². The van der Waals surface area contributed by atoms with Gasteiger partial charge in [-0.25, -0.2) is 4.39 Å². The highest BCUT2D eigenvalue weighted by molar-refractivity contribution is 7.98. The lowest BCUT2D eigenvalue weighted by molar-refractivity contribution is 0.627. The Labute approximate surface area is 97.7 Å². The van der Waals surface area contributed by atoms with Crippen molar-refractivity contribution in [3.63, 3.8) is 0 Å². The minimum atomic E-state index is -0.205. The van der Waals surface area contributed by atoms with E-state index in [-0.39, 0.29) is 5.82 Å². The molecule has 3 nitrogen and oxygen atoms in total. The first-order chi connectivity index (χ1) is 7.66. The van der Waals surface area contributed by atoms with Gasteiger partial charge < -0.3 is 4.57 Å². The van der Waals surface area contributed by atoms with E-state index < -0.39 is 0 Å². The van der Waals surface area contributed by atoms with Gasteiger partial charge in [0.15, 0.2) is 5.16 Å². The van der Waals surface area contributed by atoms with Crippen LogP contribution in [0.3, 0.4) is 0 Å². The number of aromatic nitrogens is 3. The van der Waals surface area contributed by atoms with Crippen molar-refractivity contribution in [3.8, 4) is 0 Å². The Bertz CT molecular complexity index is 478. The van der Waals surface area contributed by atoms with Crippen LogP contribution in [0, 0.1) is 12.7 Å². The molecule has 0 aliphatic rings. The van der Waals surface area contributed by atoms with Gasteiger partial charge in [-0.05, 0) is 24.6 Å². The highest BCUT2D eigenvalue weighted by Crippen LogP contribution is 2.20. The summed E-state index contributed by atoms with van der Waals surface area (Å²) >= 11 is 1.59. The summed E-state index contributed by atoms with van der Waals surface area (Å²) in [6.07, 6.45) is 0. The molecule has 0 aliphatic heterocycles. The van der Waals surface area contributed by atoms with Gasteiger partial charge in [0.2, 0.25) is 0 Å². The summed E-state index contributed by atoms with van der Waals surface area (Å²) in [4.78, 5) is 0. The first-order valence-corrected chi connectivity index (χ1v) is 5.88. The van der Waals surface area contributed by atoms with Crippen LogP contribution >= 0.6 is 11.8 Å². The van der Waals surface area contributed by atoms with Gasteiger partial charge in [0.1, 0.15) is 11.6 Å². The Hall–Kier alpha value is -1.36. The third kappa shape index (κ3) is 2.41. The van der Waals surface area contributed by atoms with E-state index in [4.69, 9.17) is 0 Å². The van der Waals surface area contributed by atoms with Crippen LogP contribution in [0.2, 0.25) is 0 Å². The van der Waals surface area contributed by atoms with E-state index in [0.29, 0.717) is 0 Å². The van der Waals surface area contributed by atoms with E-state index in [0.717, 1.165) is 22.3 Å². The standard InChI is InChI=1S/C11H12FN3S/c1-8-13-14-11(15(8)2)16-7-9-3-5-10(12)6-4-9/h3-6H,7H2,1-2H3. The average Bonchev–Trinajstić information content (AvgIpc) is 2.60. The Balaban J connectivity index is 2.02. The number of halogens is 1. The van der Waals surface area contributed by atoms with Crippen LogP contribution in [0.1, 0.15) is 11.4 Å². The van der Waals surface area contributed by atoms with Crippen LogP contribution in [-0.2, 0) is 12.8 Å². The third-order valence-electron chi connectivity index (χ3n) is 2.33. The molecular formula is C11H12FN3S. The molecule has 1 aromatic heterocycles. The first kappa shape index (κ1) is 11.1. The van der Waals surface area contributed by atoms with E-state index in [1.807, 2.05) is 18.5 Å². The summed E-state index contributed by atoms with van der Waals surface area (Å²) in [6.45, 7) is 1.91. The fraction of sp³-hybridized carbons (Fsp3) is 0.273. The van der Waals surface area contributed by atoms with Crippen LogP contribution in [-0.4, -0.2) is 14.8 Å². The molecule has 0 spiro atoms. The average molecular weight is 237 g/mol. The van der Waals surface area contributed by atoms with Gasteiger partial charge in [-0.3, -0.25) is 0 Å². The van der Waals surface area contributed by atoms with E-state index in [1.54, 1.807) is 23.9 Å². The summed E-state index contributed by atoms with van der Waals surface area (Å²) in [5.74, 6) is 1.46. The second-order valence-electron chi connectivity index (χ2n) is 3.50. The van der Waals surface area contributed by atoms with Crippen molar-refractivity contribution in [3.05, 3.63) is 41.5 Å². The zero-order valence-corrected chi connectivity index (χ0v) is 9.96. The van der Waals surface area contributed by atoms with Gasteiger partial charge in [-0.15, -0.1) is 10.2 Å². The minimum absolute atomic E-state index is 0.205. The van der Waals surface area contributed by atoms with Crippen molar-refractivity contribution < 1.29 is 4.39 Å². The molecule has 2 aromatic rings. The van der Waals surface area contributed by atoms with E-state index in [9.17, 15) is 4.39 Å². The fourth-order valence-electron chi connectivity index (χ4n) is 1.24. The van der Waals surface area contributed by atoms with Crippen LogP contribution in [0.4, 0.5) is 4.39 Å². The number of rotatable bonds is 3. The summed E-state index contributed by atoms with van der Waals surface area (Å²) in [5.41, 5.74) is 1.08. The summed E-state index contributed by atoms with van der Waals surface area (Å²) in [5, 5.41) is 8.90. The maximum absolute atomic E-state index is 12.7. The SMILES string of the molecule is Cc1nnc(SCc2ccc(F)cc2)n1C. The third-order valence-corrected chi connectivity index (χ3v) is 3.43. The molecular weight excluding hydrogens is 225 g/mol. The van der Waals surface area contributed by atoms with Gasteiger partial charge in [-0.1, -0.05) is 23.9 Å². The number of hydrogen-bond acceptors (Lipinski definition) is 3. The summed E-state index contributed by atoms with van der Waals surface area (Å²) in [7, 11) is 1.93. The van der Waals surface area contributed by atoms with Gasteiger partial charge in [0.25, 0.3) is 0 Å². The molecule has 0 radical (unpaired) electrons. The lowest BCUT2D eigenvalue weighted by Crippen LogP contribution is -1.93. The molecule has 0 amide bonds. The van der Waals surface area contributed by atoms with Crippen molar-refractivity contribution in [1.29, 1.82) is 0 Å². The number of benzene rings is 1. The number of aryl methyl sites for hydroxylation is 1. The molecule has 0 fully saturated rings. The Morgan fingerprint density at radius 2 is 1.94 bits per heavy atom. The second kappa shape index (κ2) is 4.65. The molecule has 0 N–H and O–H groups in total. The molecule has 0 unspecified atom stereocenters. The summed E-state index contributed by atoms with van der Waals surface area (Å²) in [6, 6.07) is 6.51. The topological polar surface area (TPSA) is 30.7 Å². The molecule has 1 aromatic carbocycles. The van der Waals surface area contributed by atoms with Crippen LogP contribution in [0.15, 0.2) is 29.4 Å². The van der Waals surface area contributed by atoms with Gasteiger partial charge in [0, 0.05) is 12.8 Å². The molecule has 84 valence electrons. The number of hydrogen-bond donors (Lipinski definition) is 0. The molecule has 0 bridgehead atoms. The van der Waals surface area contributed by atoms with Gasteiger partial charge >= 0.3 is 0 Å². The van der Waals surface area contributed by atoms with Gasteiger partial charge in [0.05, 0.1) is 0 Å². The molecule has 5 heteroatoms. The van der Waals surface area contributed by atoms with E-state index >= 15 is 0 Å². The normalized spacial score (nSPS) is 10.7. The quantitative estimate of drug-likeness (QED) is 0.769. The predicted octanol–water partition coefficient (Wildman–Crippen LogP) is 2.55. The Kier molecular flexibility index (Phi) is 3.24. The molecule has 1 heterocycles. The summed E-state index contributed by atoms with van der Waals surface area (Å²) < 4.78 is 14.6. The molecule has 0 atom stereocenters. The number of thioether (sulfide) groups is 1. The van der Waals surface area contributed by atoms with Gasteiger partial charge in [-0.2, -0.15) is 0 Å². The maximum atomic E-state index is 12.7. The molecule has 0 saturated carbocycles. The lowest BCUT2D eigenvalue weighted by Gasteiger charge is -2.01. The first-order valence-electron chi connectivity index (χ1n) is 4.90. The highest BCUT2D eigenvalue weighted by Gasteiger charge is 2.05. The van der Waals surface area contributed by atoms with E-state index in [2.05, 4.69) is 10.2 Å². The lowest BCUT2D eigenvalue weighted by atomic mass is 10.2. The fourth-order valence-corrected chi connectivity index (χ4v) is 2.15. The van der Waals surface area contributed by atoms with Crippen molar-refractivity contribution >= 4 is 11.8 Å². The van der Waals surface area contributed by atoms with Crippen molar-refractivity contribution in [2.75, 3.05) is 0 Å². The zero-order valence-electron chi connectivity index (χ0n) is 9.14. The van der Waals surface area contributed by atoms with Crippen molar-refractivity contribution in [2.45, 2.75) is 17.8 Å². The Morgan fingerprint density at radius 3 is 2.50 bits per heavy atom. The monoisotopic (exact) mass is 237 g/mol. The zero-order chi connectivity index (χ0) is 11.5. The molecule has 0 saturated heterocycles. The van der Waals surface area contributed by atoms with E-state index in [1.165, 1.54) is 12.1 Å². The van der Waals surface area contributed by atoms with Crippen LogP contribution < -0.4 is 0 Å². The number of nitrogens with zero attached hydrogens (tertiary/aromatic N) is 3. The molecule has 0 aliphatic carbocycles. The predicted molar refractivity (Wildman–Crippen MR) is 61.7 cm³/mol.